The summed E-state index contributed by atoms with van der Waals surface area (Å²) in [6.07, 6.45) is 2.21. The maximum atomic E-state index is 10.5. The van der Waals surface area contributed by atoms with E-state index < -0.39 is 11.6 Å². The van der Waals surface area contributed by atoms with Gasteiger partial charge in [0.05, 0.1) is 0 Å². The Morgan fingerprint density at radius 1 is 1.33 bits per heavy atom. The monoisotopic (exact) mass is 214 g/mol. The molecule has 4 heteroatoms. The average Bonchev–Trinajstić information content (AvgIpc) is 2.10. The van der Waals surface area contributed by atoms with E-state index in [9.17, 15) is 4.79 Å². The third kappa shape index (κ3) is 2.50. The molecule has 0 amide bonds. The van der Waals surface area contributed by atoms with E-state index in [1.54, 1.807) is 0 Å². The summed E-state index contributed by atoms with van der Waals surface area (Å²) in [4.78, 5) is 20.7. The molecule has 86 valence electrons. The smallest absolute Gasteiger partial charge is 0.345 e. The van der Waals surface area contributed by atoms with E-state index >= 15 is 0 Å². The number of ether oxygens (including phenoxy) is 1. The lowest BCUT2D eigenvalue weighted by molar-refractivity contribution is -0.370. The molecule has 4 nitrogen and oxygen atoms in total. The van der Waals surface area contributed by atoms with E-state index in [1.807, 2.05) is 13.8 Å². The molecule has 0 aromatic rings. The lowest BCUT2D eigenvalue weighted by Gasteiger charge is -2.39. The topological polar surface area (TPSA) is 44.8 Å². The molecule has 0 saturated carbocycles. The van der Waals surface area contributed by atoms with Crippen molar-refractivity contribution in [2.75, 3.05) is 0 Å². The standard InChI is InChI=1S/C11H18O4/c1-6-10(2,3)11(4,5)15-14-9-7-8(12)13-9/h7H,6H2,1-5H3. The Morgan fingerprint density at radius 3 is 2.27 bits per heavy atom. The van der Waals surface area contributed by atoms with Gasteiger partial charge in [0.25, 0.3) is 0 Å². The summed E-state index contributed by atoms with van der Waals surface area (Å²) < 4.78 is 4.56. The Kier molecular flexibility index (Phi) is 3.09. The minimum atomic E-state index is -0.454. The van der Waals surface area contributed by atoms with Crippen molar-refractivity contribution in [1.82, 2.24) is 0 Å². The molecule has 1 aliphatic rings. The van der Waals surface area contributed by atoms with Crippen molar-refractivity contribution in [2.24, 2.45) is 5.41 Å². The Balaban J connectivity index is 2.50. The zero-order valence-electron chi connectivity index (χ0n) is 9.92. The van der Waals surface area contributed by atoms with Gasteiger partial charge in [0.1, 0.15) is 11.7 Å². The SMILES string of the molecule is CCC(C)(C)C(C)(C)OOC1=CC(=O)O1. The van der Waals surface area contributed by atoms with Gasteiger partial charge in [-0.3, -0.25) is 4.89 Å². The third-order valence-corrected chi connectivity index (χ3v) is 3.28. The van der Waals surface area contributed by atoms with Crippen molar-refractivity contribution >= 4 is 5.97 Å². The molecule has 0 N–H and O–H groups in total. The van der Waals surface area contributed by atoms with Gasteiger partial charge in [0.2, 0.25) is 0 Å². The number of hydrogen-bond donors (Lipinski definition) is 0. The normalized spacial score (nSPS) is 16.6. The predicted molar refractivity (Wildman–Crippen MR) is 54.5 cm³/mol. The van der Waals surface area contributed by atoms with Gasteiger partial charge in [0, 0.05) is 0 Å². The highest BCUT2D eigenvalue weighted by molar-refractivity contribution is 5.88. The zero-order valence-corrected chi connectivity index (χ0v) is 9.92. The Labute approximate surface area is 90.1 Å². The number of esters is 1. The molecule has 15 heavy (non-hydrogen) atoms. The maximum Gasteiger partial charge on any atom is 0.345 e. The highest BCUT2D eigenvalue weighted by atomic mass is 17.2. The summed E-state index contributed by atoms with van der Waals surface area (Å²) in [6, 6.07) is 0. The second-order valence-corrected chi connectivity index (χ2v) is 4.80. The van der Waals surface area contributed by atoms with Gasteiger partial charge < -0.3 is 4.74 Å². The van der Waals surface area contributed by atoms with E-state index in [0.717, 1.165) is 6.42 Å². The van der Waals surface area contributed by atoms with Crippen molar-refractivity contribution in [3.63, 3.8) is 0 Å². The molecule has 0 aromatic heterocycles. The second-order valence-electron chi connectivity index (χ2n) is 4.80. The molecule has 0 unspecified atom stereocenters. The van der Waals surface area contributed by atoms with E-state index in [4.69, 9.17) is 9.78 Å². The van der Waals surface area contributed by atoms with Crippen molar-refractivity contribution in [3.05, 3.63) is 12.0 Å². The fraction of sp³-hybridized carbons (Fsp3) is 0.727. The van der Waals surface area contributed by atoms with E-state index in [0.29, 0.717) is 0 Å². The van der Waals surface area contributed by atoms with Crippen LogP contribution in [0, 0.1) is 5.41 Å². The highest BCUT2D eigenvalue weighted by Crippen LogP contribution is 2.37. The molecule has 0 aliphatic carbocycles. The molecule has 0 radical (unpaired) electrons. The molecule has 0 fully saturated rings. The molecule has 0 atom stereocenters. The number of carbonyl (C=O) groups excluding carboxylic acids is 1. The van der Waals surface area contributed by atoms with Crippen LogP contribution in [0.3, 0.4) is 0 Å². The fourth-order valence-electron chi connectivity index (χ4n) is 0.921. The Hall–Kier alpha value is -1.03. The molecule has 1 aliphatic heterocycles. The molecular formula is C11H18O4. The quantitative estimate of drug-likeness (QED) is 0.401. The lowest BCUT2D eigenvalue weighted by atomic mass is 9.75. The first-order valence-electron chi connectivity index (χ1n) is 5.08. The van der Waals surface area contributed by atoms with Crippen LogP contribution in [0.2, 0.25) is 0 Å². The van der Waals surface area contributed by atoms with Gasteiger partial charge in [-0.05, 0) is 25.7 Å². The molecule has 1 rings (SSSR count). The van der Waals surface area contributed by atoms with Gasteiger partial charge >= 0.3 is 11.9 Å². The summed E-state index contributed by atoms with van der Waals surface area (Å²) in [5, 5.41) is 0. The van der Waals surface area contributed by atoms with Gasteiger partial charge in [0.15, 0.2) is 0 Å². The molecule has 0 spiro atoms. The average molecular weight is 214 g/mol. The first kappa shape index (κ1) is 12.0. The van der Waals surface area contributed by atoms with Crippen LogP contribution in [-0.2, 0) is 19.3 Å². The fourth-order valence-corrected chi connectivity index (χ4v) is 0.921. The Morgan fingerprint density at radius 2 is 1.87 bits per heavy atom. The van der Waals surface area contributed by atoms with Crippen LogP contribution >= 0.6 is 0 Å². The minimum Gasteiger partial charge on any atom is -0.387 e. The number of carbonyl (C=O) groups is 1. The summed E-state index contributed by atoms with van der Waals surface area (Å²) in [7, 11) is 0. The number of hydrogen-bond acceptors (Lipinski definition) is 4. The van der Waals surface area contributed by atoms with E-state index in [1.165, 1.54) is 6.08 Å². The summed E-state index contributed by atoms with van der Waals surface area (Å²) in [5.74, 6) is -0.277. The van der Waals surface area contributed by atoms with Crippen molar-refractivity contribution in [3.8, 4) is 0 Å². The molecular weight excluding hydrogens is 196 g/mol. The van der Waals surface area contributed by atoms with Crippen molar-refractivity contribution < 1.29 is 19.3 Å². The minimum absolute atomic E-state index is 0.0265. The number of cyclic esters (lactones) is 1. The predicted octanol–water partition coefficient (Wildman–Crippen LogP) is 2.55. The maximum absolute atomic E-state index is 10.5. The third-order valence-electron chi connectivity index (χ3n) is 3.28. The summed E-state index contributed by atoms with van der Waals surface area (Å²) in [5.41, 5.74) is -0.480. The largest absolute Gasteiger partial charge is 0.387 e. The van der Waals surface area contributed by atoms with Gasteiger partial charge in [-0.2, -0.15) is 4.89 Å². The molecule has 0 bridgehead atoms. The number of rotatable bonds is 5. The molecule has 1 heterocycles. The Bertz CT molecular complexity index is 289. The van der Waals surface area contributed by atoms with Crippen LogP contribution in [-0.4, -0.2) is 11.6 Å². The van der Waals surface area contributed by atoms with Crippen LogP contribution in [0.5, 0.6) is 0 Å². The summed E-state index contributed by atoms with van der Waals surface area (Å²) in [6.45, 7) is 10.2. The lowest BCUT2D eigenvalue weighted by Crippen LogP contribution is -2.41. The first-order valence-corrected chi connectivity index (χ1v) is 5.08. The van der Waals surface area contributed by atoms with Gasteiger partial charge in [-0.1, -0.05) is 20.8 Å². The zero-order chi connectivity index (χ0) is 11.7. The van der Waals surface area contributed by atoms with Crippen LogP contribution in [0.1, 0.15) is 41.0 Å². The van der Waals surface area contributed by atoms with Crippen LogP contribution in [0.15, 0.2) is 12.0 Å². The summed E-state index contributed by atoms with van der Waals surface area (Å²) >= 11 is 0. The molecule has 0 aromatic carbocycles. The first-order chi connectivity index (χ1) is 6.78. The highest BCUT2D eigenvalue weighted by Gasteiger charge is 2.39. The van der Waals surface area contributed by atoms with Crippen molar-refractivity contribution in [2.45, 2.75) is 46.6 Å². The molecule has 0 saturated heterocycles. The van der Waals surface area contributed by atoms with E-state index in [-0.39, 0.29) is 11.4 Å². The van der Waals surface area contributed by atoms with Gasteiger partial charge in [-0.15, -0.1) is 0 Å². The van der Waals surface area contributed by atoms with E-state index in [2.05, 4.69) is 25.5 Å². The van der Waals surface area contributed by atoms with Crippen molar-refractivity contribution in [1.29, 1.82) is 0 Å². The second kappa shape index (κ2) is 3.85. The van der Waals surface area contributed by atoms with Crippen LogP contribution < -0.4 is 0 Å². The van der Waals surface area contributed by atoms with Crippen LogP contribution in [0.25, 0.3) is 0 Å². The van der Waals surface area contributed by atoms with Crippen LogP contribution in [0.4, 0.5) is 0 Å². The van der Waals surface area contributed by atoms with Gasteiger partial charge in [-0.25, -0.2) is 4.79 Å².